The van der Waals surface area contributed by atoms with Crippen LogP contribution in [0.1, 0.15) is 53.8 Å². The summed E-state index contributed by atoms with van der Waals surface area (Å²) in [6.45, 7) is 11.2. The van der Waals surface area contributed by atoms with Gasteiger partial charge in [-0.25, -0.2) is 0 Å². The Hall–Kier alpha value is -2.44. The maximum absolute atomic E-state index is 13.1. The number of carbonyl (C=O) groups is 1. The van der Waals surface area contributed by atoms with Crippen LogP contribution in [-0.2, 0) is 18.5 Å². The van der Waals surface area contributed by atoms with Gasteiger partial charge >= 0.3 is 0 Å². The minimum atomic E-state index is -0.161. The molecule has 0 radical (unpaired) electrons. The zero-order chi connectivity index (χ0) is 17.6. The van der Waals surface area contributed by atoms with E-state index in [1.165, 1.54) is 0 Å². The Bertz CT molecular complexity index is 802. The zero-order valence-electron chi connectivity index (χ0n) is 14.9. The first-order valence-electron chi connectivity index (χ1n) is 8.15. The number of nitrogens with zero attached hydrogens (tertiary/aromatic N) is 5. The van der Waals surface area contributed by atoms with E-state index in [0.29, 0.717) is 30.9 Å². The molecular formula is C17H24N6O. The summed E-state index contributed by atoms with van der Waals surface area (Å²) in [5, 5.41) is 12.6. The van der Waals surface area contributed by atoms with Crippen molar-refractivity contribution in [1.82, 2.24) is 24.9 Å². The molecule has 24 heavy (non-hydrogen) atoms. The summed E-state index contributed by atoms with van der Waals surface area (Å²) in [5.74, 6) is 0.400. The van der Waals surface area contributed by atoms with Gasteiger partial charge in [-0.1, -0.05) is 0 Å². The Kier molecular flexibility index (Phi) is 3.81. The third kappa shape index (κ3) is 2.74. The maximum Gasteiger partial charge on any atom is 0.257 e. The third-order valence-electron chi connectivity index (χ3n) is 4.39. The Morgan fingerprint density at radius 1 is 1.25 bits per heavy atom. The molecule has 3 heterocycles. The molecule has 0 fully saturated rings. The van der Waals surface area contributed by atoms with Crippen LogP contribution in [-0.4, -0.2) is 37.3 Å². The Morgan fingerprint density at radius 3 is 2.58 bits per heavy atom. The van der Waals surface area contributed by atoms with Crippen molar-refractivity contribution >= 4 is 11.7 Å². The number of aryl methyl sites for hydroxylation is 1. The van der Waals surface area contributed by atoms with Gasteiger partial charge < -0.3 is 10.6 Å². The monoisotopic (exact) mass is 328 g/mol. The number of hydrogen-bond acceptors (Lipinski definition) is 5. The highest BCUT2D eigenvalue weighted by Gasteiger charge is 2.29. The molecule has 3 rings (SSSR count). The molecule has 128 valence electrons. The Balaban J connectivity index is 1.92. The molecule has 1 amide bonds. The van der Waals surface area contributed by atoms with Gasteiger partial charge in [-0.2, -0.15) is 10.2 Å². The van der Waals surface area contributed by atoms with E-state index < -0.39 is 0 Å². The van der Waals surface area contributed by atoms with Gasteiger partial charge in [0.15, 0.2) is 0 Å². The van der Waals surface area contributed by atoms with Crippen molar-refractivity contribution in [3.05, 3.63) is 34.3 Å². The van der Waals surface area contributed by atoms with Crippen LogP contribution in [0.25, 0.3) is 0 Å². The van der Waals surface area contributed by atoms with E-state index >= 15 is 0 Å². The minimum Gasteiger partial charge on any atom is -0.382 e. The molecular weight excluding hydrogens is 304 g/mol. The SMILES string of the molecule is Cc1nn(C(C)(C)C)c(C)c1C(=O)N1CCc2nnc(N)cc2C1. The van der Waals surface area contributed by atoms with Gasteiger partial charge in [0, 0.05) is 25.2 Å². The lowest BCUT2D eigenvalue weighted by molar-refractivity contribution is 0.0731. The zero-order valence-corrected chi connectivity index (χ0v) is 14.9. The molecule has 0 atom stereocenters. The molecule has 0 bridgehead atoms. The molecule has 7 heteroatoms. The van der Waals surface area contributed by atoms with Gasteiger partial charge in [0.05, 0.1) is 22.5 Å². The number of carbonyl (C=O) groups excluding carboxylic acids is 1. The number of fused-ring (bicyclic) bond motifs is 1. The second-order valence-electron chi connectivity index (χ2n) is 7.35. The van der Waals surface area contributed by atoms with Crippen LogP contribution < -0.4 is 5.73 Å². The Morgan fingerprint density at radius 2 is 1.96 bits per heavy atom. The fourth-order valence-electron chi connectivity index (χ4n) is 3.28. The largest absolute Gasteiger partial charge is 0.382 e. The highest BCUT2D eigenvalue weighted by atomic mass is 16.2. The number of aromatic nitrogens is 4. The molecule has 0 aliphatic carbocycles. The van der Waals surface area contributed by atoms with Crippen LogP contribution >= 0.6 is 0 Å². The van der Waals surface area contributed by atoms with Crippen LogP contribution in [0.3, 0.4) is 0 Å². The molecule has 0 saturated heterocycles. The van der Waals surface area contributed by atoms with E-state index in [4.69, 9.17) is 5.73 Å². The van der Waals surface area contributed by atoms with Crippen LogP contribution in [0.15, 0.2) is 6.07 Å². The molecule has 2 aromatic rings. The van der Waals surface area contributed by atoms with Crippen molar-refractivity contribution < 1.29 is 4.79 Å². The van der Waals surface area contributed by atoms with E-state index in [1.807, 2.05) is 23.4 Å². The molecule has 1 aliphatic heterocycles. The van der Waals surface area contributed by atoms with Gasteiger partial charge in [-0.05, 0) is 46.2 Å². The second-order valence-corrected chi connectivity index (χ2v) is 7.35. The molecule has 0 aromatic carbocycles. The quantitative estimate of drug-likeness (QED) is 0.862. The van der Waals surface area contributed by atoms with E-state index in [-0.39, 0.29) is 11.4 Å². The summed E-state index contributed by atoms with van der Waals surface area (Å²) in [5.41, 5.74) is 9.83. The number of amides is 1. The number of nitrogens with two attached hydrogens (primary N) is 1. The predicted octanol–water partition coefficient (Wildman–Crippen LogP) is 1.83. The van der Waals surface area contributed by atoms with Crippen molar-refractivity contribution in [2.45, 2.75) is 53.1 Å². The van der Waals surface area contributed by atoms with Crippen molar-refractivity contribution in [2.24, 2.45) is 0 Å². The highest BCUT2D eigenvalue weighted by molar-refractivity contribution is 5.96. The topological polar surface area (TPSA) is 89.9 Å². The fourth-order valence-corrected chi connectivity index (χ4v) is 3.28. The van der Waals surface area contributed by atoms with Gasteiger partial charge in [0.2, 0.25) is 0 Å². The molecule has 2 N–H and O–H groups in total. The second kappa shape index (κ2) is 5.58. The van der Waals surface area contributed by atoms with Crippen molar-refractivity contribution in [1.29, 1.82) is 0 Å². The molecule has 0 saturated carbocycles. The fraction of sp³-hybridized carbons (Fsp3) is 0.529. The number of rotatable bonds is 1. The molecule has 2 aromatic heterocycles. The lowest BCUT2D eigenvalue weighted by Crippen LogP contribution is -2.37. The predicted molar refractivity (Wildman–Crippen MR) is 91.6 cm³/mol. The van der Waals surface area contributed by atoms with Crippen molar-refractivity contribution in [3.8, 4) is 0 Å². The summed E-state index contributed by atoms with van der Waals surface area (Å²) >= 11 is 0. The molecule has 0 spiro atoms. The lowest BCUT2D eigenvalue weighted by Gasteiger charge is -2.28. The summed E-state index contributed by atoms with van der Waals surface area (Å²) in [7, 11) is 0. The van der Waals surface area contributed by atoms with Crippen LogP contribution in [0.2, 0.25) is 0 Å². The summed E-state index contributed by atoms with van der Waals surface area (Å²) < 4.78 is 1.93. The lowest BCUT2D eigenvalue weighted by atomic mass is 10.0. The summed E-state index contributed by atoms with van der Waals surface area (Å²) in [6.07, 6.45) is 0.694. The van der Waals surface area contributed by atoms with Gasteiger partial charge in [-0.3, -0.25) is 9.48 Å². The summed E-state index contributed by atoms with van der Waals surface area (Å²) in [4.78, 5) is 14.9. The first-order valence-corrected chi connectivity index (χ1v) is 8.15. The van der Waals surface area contributed by atoms with Crippen LogP contribution in [0, 0.1) is 13.8 Å². The maximum atomic E-state index is 13.1. The number of anilines is 1. The molecule has 1 aliphatic rings. The number of nitrogen functional groups attached to an aromatic ring is 1. The van der Waals surface area contributed by atoms with Gasteiger partial charge in [-0.15, -0.1) is 5.10 Å². The number of hydrogen-bond donors (Lipinski definition) is 1. The summed E-state index contributed by atoms with van der Waals surface area (Å²) in [6, 6.07) is 1.81. The van der Waals surface area contributed by atoms with E-state index in [9.17, 15) is 4.79 Å². The van der Waals surface area contributed by atoms with Crippen LogP contribution in [0.5, 0.6) is 0 Å². The van der Waals surface area contributed by atoms with Crippen molar-refractivity contribution in [3.63, 3.8) is 0 Å². The molecule has 0 unspecified atom stereocenters. The highest BCUT2D eigenvalue weighted by Crippen LogP contribution is 2.25. The normalized spacial score (nSPS) is 14.6. The smallest absolute Gasteiger partial charge is 0.257 e. The molecule has 7 nitrogen and oxygen atoms in total. The third-order valence-corrected chi connectivity index (χ3v) is 4.39. The first kappa shape index (κ1) is 16.4. The Labute approximate surface area is 141 Å². The van der Waals surface area contributed by atoms with Crippen LogP contribution in [0.4, 0.5) is 5.82 Å². The average Bonchev–Trinajstić information content (AvgIpc) is 2.80. The van der Waals surface area contributed by atoms with Crippen molar-refractivity contribution in [2.75, 3.05) is 12.3 Å². The standard InChI is InChI=1S/C17H24N6O/c1-10-15(11(2)23(21-10)17(3,4)5)16(24)22-7-6-13-12(9-22)8-14(18)20-19-13/h8H,6-7,9H2,1-5H3,(H2,18,20). The first-order chi connectivity index (χ1) is 11.2. The van der Waals surface area contributed by atoms with Gasteiger partial charge in [0.25, 0.3) is 5.91 Å². The van der Waals surface area contributed by atoms with Gasteiger partial charge in [0.1, 0.15) is 5.82 Å². The average molecular weight is 328 g/mol. The minimum absolute atomic E-state index is 0.0153. The van der Waals surface area contributed by atoms with E-state index in [1.54, 1.807) is 6.07 Å². The van der Waals surface area contributed by atoms with E-state index in [0.717, 1.165) is 22.6 Å². The van der Waals surface area contributed by atoms with E-state index in [2.05, 4.69) is 36.1 Å².